The van der Waals surface area contributed by atoms with Crippen LogP contribution in [-0.2, 0) is 6.61 Å². The van der Waals surface area contributed by atoms with Crippen LogP contribution in [0.4, 0.5) is 0 Å². The van der Waals surface area contributed by atoms with Crippen molar-refractivity contribution < 1.29 is 9.53 Å². The van der Waals surface area contributed by atoms with Gasteiger partial charge in [0.2, 0.25) is 0 Å². The second-order valence-corrected chi connectivity index (χ2v) is 5.37. The first-order valence-electron chi connectivity index (χ1n) is 6.86. The molecule has 0 saturated heterocycles. The lowest BCUT2D eigenvalue weighted by molar-refractivity contribution is 0.0946. The summed E-state index contributed by atoms with van der Waals surface area (Å²) < 4.78 is 5.62. The van der Waals surface area contributed by atoms with E-state index in [9.17, 15) is 4.79 Å². The minimum absolute atomic E-state index is 0.186. The zero-order valence-electron chi connectivity index (χ0n) is 11.4. The molecular formula is C16H15ClN2O2. The fourth-order valence-corrected chi connectivity index (χ4v) is 2.09. The molecule has 1 saturated carbocycles. The standard InChI is InChI=1S/C16H15ClN2O2/c17-15-14(21-10-11-4-2-1-3-5-11)9-8-13(19-15)16(20)18-12-6-7-12/h1-5,8-9,12H,6-7,10H2,(H,18,20). The van der Waals surface area contributed by atoms with Gasteiger partial charge in [0, 0.05) is 6.04 Å². The zero-order chi connectivity index (χ0) is 14.7. The molecule has 5 heteroatoms. The van der Waals surface area contributed by atoms with E-state index in [4.69, 9.17) is 16.3 Å². The van der Waals surface area contributed by atoms with Gasteiger partial charge in [0.25, 0.3) is 5.91 Å². The summed E-state index contributed by atoms with van der Waals surface area (Å²) in [5.41, 5.74) is 1.36. The number of hydrogen-bond acceptors (Lipinski definition) is 3. The van der Waals surface area contributed by atoms with Gasteiger partial charge in [-0.3, -0.25) is 4.79 Å². The van der Waals surface area contributed by atoms with E-state index in [0.717, 1.165) is 18.4 Å². The summed E-state index contributed by atoms with van der Waals surface area (Å²) in [6.45, 7) is 0.413. The molecule has 1 N–H and O–H groups in total. The molecule has 21 heavy (non-hydrogen) atoms. The smallest absolute Gasteiger partial charge is 0.270 e. The number of halogens is 1. The molecule has 1 fully saturated rings. The van der Waals surface area contributed by atoms with Crippen LogP contribution in [0, 0.1) is 0 Å². The number of nitrogens with zero attached hydrogens (tertiary/aromatic N) is 1. The van der Waals surface area contributed by atoms with E-state index in [0.29, 0.717) is 24.1 Å². The van der Waals surface area contributed by atoms with Crippen molar-refractivity contribution in [3.8, 4) is 5.75 Å². The number of rotatable bonds is 5. The van der Waals surface area contributed by atoms with E-state index < -0.39 is 0 Å². The van der Waals surface area contributed by atoms with Crippen molar-refractivity contribution in [3.05, 3.63) is 58.9 Å². The summed E-state index contributed by atoms with van der Waals surface area (Å²) in [4.78, 5) is 16.0. The quantitative estimate of drug-likeness (QED) is 0.863. The number of benzene rings is 1. The SMILES string of the molecule is O=C(NC1CC1)c1ccc(OCc2ccccc2)c(Cl)n1. The normalized spacial score (nSPS) is 13.8. The van der Waals surface area contributed by atoms with E-state index in [1.807, 2.05) is 30.3 Å². The van der Waals surface area contributed by atoms with Gasteiger partial charge in [0.15, 0.2) is 10.9 Å². The molecule has 3 rings (SSSR count). The molecule has 0 spiro atoms. The average molecular weight is 303 g/mol. The van der Waals surface area contributed by atoms with Crippen LogP contribution in [0.1, 0.15) is 28.9 Å². The lowest BCUT2D eigenvalue weighted by atomic mass is 10.2. The lowest BCUT2D eigenvalue weighted by Crippen LogP contribution is -2.26. The minimum atomic E-state index is -0.186. The van der Waals surface area contributed by atoms with E-state index >= 15 is 0 Å². The Morgan fingerprint density at radius 1 is 1.24 bits per heavy atom. The molecule has 0 aliphatic heterocycles. The van der Waals surface area contributed by atoms with Crippen LogP contribution in [0.5, 0.6) is 5.75 Å². The lowest BCUT2D eigenvalue weighted by Gasteiger charge is -2.09. The van der Waals surface area contributed by atoms with Crippen molar-refractivity contribution in [1.82, 2.24) is 10.3 Å². The van der Waals surface area contributed by atoms with Crippen LogP contribution in [-0.4, -0.2) is 16.9 Å². The first-order valence-corrected chi connectivity index (χ1v) is 7.24. The number of nitrogens with one attached hydrogen (secondary N) is 1. The number of amides is 1. The Morgan fingerprint density at radius 2 is 2.00 bits per heavy atom. The Kier molecular flexibility index (Phi) is 4.06. The van der Waals surface area contributed by atoms with Gasteiger partial charge >= 0.3 is 0 Å². The first kappa shape index (κ1) is 13.9. The summed E-state index contributed by atoms with van der Waals surface area (Å²) in [7, 11) is 0. The van der Waals surface area contributed by atoms with Crippen LogP contribution >= 0.6 is 11.6 Å². The molecule has 0 atom stereocenters. The molecule has 1 aliphatic carbocycles. The van der Waals surface area contributed by atoms with Crippen LogP contribution in [0.15, 0.2) is 42.5 Å². The highest BCUT2D eigenvalue weighted by atomic mass is 35.5. The van der Waals surface area contributed by atoms with Gasteiger partial charge in [-0.1, -0.05) is 41.9 Å². The van der Waals surface area contributed by atoms with Crippen LogP contribution in [0.3, 0.4) is 0 Å². The van der Waals surface area contributed by atoms with Crippen molar-refractivity contribution in [2.75, 3.05) is 0 Å². The molecule has 1 aromatic carbocycles. The summed E-state index contributed by atoms with van der Waals surface area (Å²) in [5, 5.41) is 3.08. The van der Waals surface area contributed by atoms with Gasteiger partial charge in [0.1, 0.15) is 12.3 Å². The highest BCUT2D eigenvalue weighted by molar-refractivity contribution is 6.31. The van der Waals surface area contributed by atoms with Crippen molar-refractivity contribution in [1.29, 1.82) is 0 Å². The van der Waals surface area contributed by atoms with Gasteiger partial charge in [-0.05, 0) is 30.5 Å². The minimum Gasteiger partial charge on any atom is -0.486 e. The average Bonchev–Trinajstić information content (AvgIpc) is 3.31. The Labute approximate surface area is 128 Å². The highest BCUT2D eigenvalue weighted by Crippen LogP contribution is 2.24. The number of ether oxygens (including phenoxy) is 1. The maximum absolute atomic E-state index is 11.9. The van der Waals surface area contributed by atoms with Crippen LogP contribution in [0.2, 0.25) is 5.15 Å². The molecule has 2 aromatic rings. The third kappa shape index (κ3) is 3.73. The van der Waals surface area contributed by atoms with E-state index in [1.54, 1.807) is 12.1 Å². The fraction of sp³-hybridized carbons (Fsp3) is 0.250. The van der Waals surface area contributed by atoms with Crippen LogP contribution in [0.25, 0.3) is 0 Å². The van der Waals surface area contributed by atoms with Gasteiger partial charge in [-0.25, -0.2) is 4.98 Å². The molecule has 0 radical (unpaired) electrons. The Bertz CT molecular complexity index is 642. The predicted molar refractivity (Wildman–Crippen MR) is 80.5 cm³/mol. The predicted octanol–water partition coefficient (Wildman–Crippen LogP) is 3.21. The Morgan fingerprint density at radius 3 is 2.67 bits per heavy atom. The maximum Gasteiger partial charge on any atom is 0.270 e. The second-order valence-electron chi connectivity index (χ2n) is 5.01. The molecule has 1 heterocycles. The molecule has 0 unspecified atom stereocenters. The van der Waals surface area contributed by atoms with Gasteiger partial charge in [0.05, 0.1) is 0 Å². The van der Waals surface area contributed by atoms with Gasteiger partial charge < -0.3 is 10.1 Å². The number of aromatic nitrogens is 1. The Balaban J connectivity index is 1.65. The third-order valence-electron chi connectivity index (χ3n) is 3.20. The molecule has 4 nitrogen and oxygen atoms in total. The number of pyridine rings is 1. The zero-order valence-corrected chi connectivity index (χ0v) is 12.1. The Hall–Kier alpha value is -2.07. The van der Waals surface area contributed by atoms with E-state index in [1.165, 1.54) is 0 Å². The number of carbonyl (C=O) groups is 1. The number of carbonyl (C=O) groups excluding carboxylic acids is 1. The monoisotopic (exact) mass is 302 g/mol. The molecule has 1 aliphatic rings. The van der Waals surface area contributed by atoms with Crippen molar-refractivity contribution in [2.24, 2.45) is 0 Å². The molecule has 0 bridgehead atoms. The maximum atomic E-state index is 11.9. The summed E-state index contributed by atoms with van der Waals surface area (Å²) in [5.74, 6) is 0.289. The highest BCUT2D eigenvalue weighted by Gasteiger charge is 2.24. The van der Waals surface area contributed by atoms with E-state index in [2.05, 4.69) is 10.3 Å². The van der Waals surface area contributed by atoms with Crippen LogP contribution < -0.4 is 10.1 Å². The molecule has 1 aromatic heterocycles. The summed E-state index contributed by atoms with van der Waals surface area (Å²) >= 11 is 6.08. The fourth-order valence-electron chi connectivity index (χ4n) is 1.88. The summed E-state index contributed by atoms with van der Waals surface area (Å²) in [6.07, 6.45) is 2.08. The van der Waals surface area contributed by atoms with Crippen molar-refractivity contribution in [3.63, 3.8) is 0 Å². The van der Waals surface area contributed by atoms with Gasteiger partial charge in [-0.2, -0.15) is 0 Å². The largest absolute Gasteiger partial charge is 0.486 e. The van der Waals surface area contributed by atoms with Gasteiger partial charge in [-0.15, -0.1) is 0 Å². The summed E-state index contributed by atoms with van der Waals surface area (Å²) in [6, 6.07) is 13.4. The molecular weight excluding hydrogens is 288 g/mol. The topological polar surface area (TPSA) is 51.2 Å². The third-order valence-corrected chi connectivity index (χ3v) is 3.47. The first-order chi connectivity index (χ1) is 10.2. The number of hydrogen-bond donors (Lipinski definition) is 1. The van der Waals surface area contributed by atoms with Crippen molar-refractivity contribution in [2.45, 2.75) is 25.5 Å². The second kappa shape index (κ2) is 6.14. The van der Waals surface area contributed by atoms with Crippen molar-refractivity contribution >= 4 is 17.5 Å². The molecule has 108 valence electrons. The van der Waals surface area contributed by atoms with E-state index in [-0.39, 0.29) is 11.1 Å². The molecule has 1 amide bonds.